The third-order valence-electron chi connectivity index (χ3n) is 10.5. The van der Waals surface area contributed by atoms with Gasteiger partial charge in [-0.15, -0.1) is 22.7 Å². The normalized spacial score (nSPS) is 12.2. The maximum absolute atomic E-state index is 5.25. The lowest BCUT2D eigenvalue weighted by Crippen LogP contribution is -2.03. The van der Waals surface area contributed by atoms with Gasteiger partial charge >= 0.3 is 0 Å². The molecule has 0 amide bonds. The van der Waals surface area contributed by atoms with Crippen LogP contribution in [0.2, 0.25) is 0 Å². The third kappa shape index (κ3) is 3.85. The highest BCUT2D eigenvalue weighted by atomic mass is 32.1. The largest absolute Gasteiger partial charge is 0.291 e. The van der Waals surface area contributed by atoms with Crippen LogP contribution in [0.5, 0.6) is 0 Å². The molecule has 2 aliphatic rings. The highest BCUT2D eigenvalue weighted by Crippen LogP contribution is 2.55. The molecule has 0 saturated carbocycles. The van der Waals surface area contributed by atoms with Gasteiger partial charge < -0.3 is 0 Å². The van der Waals surface area contributed by atoms with Crippen LogP contribution in [0.3, 0.4) is 0 Å². The van der Waals surface area contributed by atoms with Crippen molar-refractivity contribution in [1.82, 2.24) is 19.1 Å². The van der Waals surface area contributed by atoms with E-state index in [9.17, 15) is 0 Å². The van der Waals surface area contributed by atoms with Crippen LogP contribution in [0, 0.1) is 0 Å². The van der Waals surface area contributed by atoms with Gasteiger partial charge in [0.25, 0.3) is 0 Å². The first-order valence-corrected chi connectivity index (χ1v) is 19.1. The Morgan fingerprint density at radius 1 is 0.404 bits per heavy atom. The standard InChI is InChI=1S/C46H26N4S2/c1-3-13-27(14-4-1)45-47-31-19-7-9-21-33(31)49(45)35-25-29-17-11-24-38-39(29)41-42-40-30(18-12-23-37(40)51-43(35)41)26-36(44(42)52-38)50-34-22-10-8-20-32(34)48-46(50)28-15-5-2-6-16-28/h1-26H. The Morgan fingerprint density at radius 2 is 0.827 bits per heavy atom. The van der Waals surface area contributed by atoms with Gasteiger partial charge in [0.15, 0.2) is 0 Å². The Hall–Kier alpha value is -6.34. The number of rotatable bonds is 4. The first-order chi connectivity index (χ1) is 25.8. The van der Waals surface area contributed by atoms with Gasteiger partial charge in [-0.05, 0) is 59.3 Å². The van der Waals surface area contributed by atoms with Crippen molar-refractivity contribution in [3.63, 3.8) is 0 Å². The number of hydrogen-bond donors (Lipinski definition) is 0. The molecule has 0 fully saturated rings. The summed E-state index contributed by atoms with van der Waals surface area (Å²) in [4.78, 5) is 10.5. The maximum atomic E-state index is 5.25. The summed E-state index contributed by atoms with van der Waals surface area (Å²) in [5.74, 6) is 1.89. The van der Waals surface area contributed by atoms with E-state index in [0.717, 1.165) is 56.2 Å². The van der Waals surface area contributed by atoms with E-state index in [1.165, 1.54) is 51.5 Å². The van der Waals surface area contributed by atoms with Crippen LogP contribution in [0.25, 0.3) is 108 Å². The molecule has 4 nitrogen and oxygen atoms in total. The second kappa shape index (κ2) is 10.6. The molecule has 0 unspecified atom stereocenters. The lowest BCUT2D eigenvalue weighted by atomic mass is 9.91. The van der Waals surface area contributed by atoms with Crippen molar-refractivity contribution in [2.24, 2.45) is 0 Å². The fourth-order valence-electron chi connectivity index (χ4n) is 8.29. The summed E-state index contributed by atoms with van der Waals surface area (Å²) in [6.45, 7) is 0. The minimum Gasteiger partial charge on any atom is -0.291 e. The summed E-state index contributed by atoms with van der Waals surface area (Å²) in [7, 11) is 0. The molecule has 2 aliphatic heterocycles. The summed E-state index contributed by atoms with van der Waals surface area (Å²) in [5.41, 5.74) is 11.3. The molecule has 8 aromatic carbocycles. The fourth-order valence-corrected chi connectivity index (χ4v) is 10.8. The number of hydrogen-bond acceptors (Lipinski definition) is 4. The molecule has 0 aliphatic carbocycles. The van der Waals surface area contributed by atoms with E-state index >= 15 is 0 Å². The summed E-state index contributed by atoms with van der Waals surface area (Å²) in [6.07, 6.45) is 0. The summed E-state index contributed by atoms with van der Waals surface area (Å²) in [6, 6.07) is 56.6. The highest BCUT2D eigenvalue weighted by Gasteiger charge is 2.29. The molecule has 0 bridgehead atoms. The Kier molecular flexibility index (Phi) is 5.78. The molecular formula is C46H26N4S2. The molecule has 2 aromatic heterocycles. The second-order valence-electron chi connectivity index (χ2n) is 13.4. The molecule has 10 aromatic rings. The molecule has 0 saturated heterocycles. The summed E-state index contributed by atoms with van der Waals surface area (Å²) < 4.78 is 9.86. The van der Waals surface area contributed by atoms with Crippen LogP contribution in [-0.4, -0.2) is 19.1 Å². The number of benzene rings is 8. The van der Waals surface area contributed by atoms with Crippen LogP contribution in [0.4, 0.5) is 0 Å². The van der Waals surface area contributed by atoms with Gasteiger partial charge in [-0.1, -0.05) is 109 Å². The number of imidazole rings is 2. The van der Waals surface area contributed by atoms with Crippen molar-refractivity contribution >= 4 is 85.1 Å². The van der Waals surface area contributed by atoms with Crippen molar-refractivity contribution in [3.05, 3.63) is 158 Å². The van der Waals surface area contributed by atoms with Crippen molar-refractivity contribution in [2.75, 3.05) is 0 Å². The minimum atomic E-state index is 0.946. The van der Waals surface area contributed by atoms with Gasteiger partial charge in [-0.3, -0.25) is 9.13 Å². The SMILES string of the molecule is c1ccc(-c2nc3ccccc3n2-c2cc3cccc4sc5c(-n6c(-c7ccccc7)nc7ccccc76)cc6cccc7sc2c(c34)-c5c67)cc1. The Bertz CT molecular complexity index is 3070. The monoisotopic (exact) mass is 698 g/mol. The topological polar surface area (TPSA) is 35.6 Å². The Morgan fingerprint density at radius 3 is 1.29 bits per heavy atom. The zero-order valence-electron chi connectivity index (χ0n) is 27.6. The number of nitrogens with zero attached hydrogens (tertiary/aromatic N) is 4. The molecule has 0 N–H and O–H groups in total. The van der Waals surface area contributed by atoms with Gasteiger partial charge in [0.1, 0.15) is 11.6 Å². The lowest BCUT2D eigenvalue weighted by Gasteiger charge is -2.25. The average Bonchev–Trinajstić information content (AvgIpc) is 3.79. The molecule has 0 radical (unpaired) electrons. The minimum absolute atomic E-state index is 0.946. The van der Waals surface area contributed by atoms with Crippen molar-refractivity contribution in [1.29, 1.82) is 0 Å². The first kappa shape index (κ1) is 28.4. The van der Waals surface area contributed by atoms with E-state index in [0.29, 0.717) is 0 Å². The predicted octanol–water partition coefficient (Wildman–Crippen LogP) is 13.0. The molecule has 4 heterocycles. The van der Waals surface area contributed by atoms with Gasteiger partial charge in [0.05, 0.1) is 42.8 Å². The number of aromatic nitrogens is 4. The van der Waals surface area contributed by atoms with E-state index in [4.69, 9.17) is 9.97 Å². The average molecular weight is 699 g/mol. The Labute approximate surface area is 305 Å². The molecule has 6 heteroatoms. The molecule has 242 valence electrons. The van der Waals surface area contributed by atoms with Gasteiger partial charge in [0, 0.05) is 42.4 Å². The first-order valence-electron chi connectivity index (χ1n) is 17.4. The van der Waals surface area contributed by atoms with Crippen molar-refractivity contribution in [2.45, 2.75) is 0 Å². The van der Waals surface area contributed by atoms with Crippen molar-refractivity contribution in [3.8, 4) is 45.3 Å². The lowest BCUT2D eigenvalue weighted by molar-refractivity contribution is 1.12. The second-order valence-corrected chi connectivity index (χ2v) is 15.5. The van der Waals surface area contributed by atoms with Crippen molar-refractivity contribution < 1.29 is 0 Å². The van der Waals surface area contributed by atoms with E-state index in [-0.39, 0.29) is 0 Å². The number of fused-ring (bicyclic) bond motifs is 2. The fraction of sp³-hybridized carbons (Fsp3) is 0. The third-order valence-corrected chi connectivity index (χ3v) is 12.8. The molecule has 0 atom stereocenters. The van der Waals surface area contributed by atoms with Gasteiger partial charge in [-0.25, -0.2) is 9.97 Å². The van der Waals surface area contributed by atoms with Gasteiger partial charge in [-0.2, -0.15) is 0 Å². The molecule has 0 spiro atoms. The Balaban J connectivity index is 1.27. The summed E-state index contributed by atoms with van der Waals surface area (Å²) >= 11 is 3.78. The van der Waals surface area contributed by atoms with Gasteiger partial charge in [0.2, 0.25) is 0 Å². The van der Waals surface area contributed by atoms with Crippen LogP contribution in [0.15, 0.2) is 158 Å². The van der Waals surface area contributed by atoms with E-state index in [1.54, 1.807) is 0 Å². The van der Waals surface area contributed by atoms with E-state index < -0.39 is 0 Å². The van der Waals surface area contributed by atoms with Crippen LogP contribution in [-0.2, 0) is 0 Å². The van der Waals surface area contributed by atoms with Crippen LogP contribution < -0.4 is 0 Å². The molecular weight excluding hydrogens is 673 g/mol. The zero-order valence-corrected chi connectivity index (χ0v) is 29.2. The highest BCUT2D eigenvalue weighted by molar-refractivity contribution is 7.27. The van der Waals surface area contributed by atoms with E-state index in [1.807, 2.05) is 22.7 Å². The summed E-state index contributed by atoms with van der Waals surface area (Å²) in [5, 5.41) is 5.11. The maximum Gasteiger partial charge on any atom is 0.145 e. The predicted molar refractivity (Wildman–Crippen MR) is 220 cm³/mol. The smallest absolute Gasteiger partial charge is 0.145 e. The zero-order chi connectivity index (χ0) is 33.9. The number of para-hydroxylation sites is 4. The quantitative estimate of drug-likeness (QED) is 0.135. The van der Waals surface area contributed by atoms with Crippen LogP contribution >= 0.6 is 22.7 Å². The van der Waals surface area contributed by atoms with E-state index in [2.05, 4.69) is 167 Å². The molecule has 12 rings (SSSR count). The van der Waals surface area contributed by atoms with Crippen LogP contribution in [0.1, 0.15) is 0 Å². The molecule has 52 heavy (non-hydrogen) atoms.